The molecule has 108 valence electrons. The highest BCUT2D eigenvalue weighted by atomic mass is 35.5. The van der Waals surface area contributed by atoms with Gasteiger partial charge >= 0.3 is 0 Å². The van der Waals surface area contributed by atoms with E-state index in [4.69, 9.17) is 11.6 Å². The summed E-state index contributed by atoms with van der Waals surface area (Å²) in [5, 5.41) is 2.84. The van der Waals surface area contributed by atoms with Gasteiger partial charge in [0.2, 0.25) is 5.91 Å². The van der Waals surface area contributed by atoms with Crippen LogP contribution in [-0.2, 0) is 9.59 Å². The maximum absolute atomic E-state index is 12.9. The summed E-state index contributed by atoms with van der Waals surface area (Å²) in [4.78, 5) is 24.5. The number of hydrogen-bond acceptors (Lipinski definition) is 3. The Balaban J connectivity index is 1.85. The summed E-state index contributed by atoms with van der Waals surface area (Å²) in [6.07, 6.45) is 2.55. The summed E-state index contributed by atoms with van der Waals surface area (Å²) in [6.45, 7) is 1.71. The zero-order chi connectivity index (χ0) is 14.5. The van der Waals surface area contributed by atoms with Crippen LogP contribution in [0.3, 0.4) is 0 Å². The SMILES string of the molecule is O=CC1CCN(CC(=O)Nc2ccc(F)cc2Cl)CC1. The number of amides is 1. The van der Waals surface area contributed by atoms with Crippen LogP contribution in [0.4, 0.5) is 10.1 Å². The van der Waals surface area contributed by atoms with E-state index in [9.17, 15) is 14.0 Å². The Labute approximate surface area is 121 Å². The second-order valence-electron chi connectivity index (χ2n) is 4.92. The zero-order valence-corrected chi connectivity index (χ0v) is 11.7. The molecule has 1 heterocycles. The minimum Gasteiger partial charge on any atom is -0.324 e. The van der Waals surface area contributed by atoms with Crippen LogP contribution in [0.1, 0.15) is 12.8 Å². The average Bonchev–Trinajstić information content (AvgIpc) is 2.43. The molecule has 1 aromatic carbocycles. The molecule has 4 nitrogen and oxygen atoms in total. The Kier molecular flexibility index (Phi) is 5.09. The predicted octanol–water partition coefficient (Wildman–Crippen LogP) is 2.33. The van der Waals surface area contributed by atoms with E-state index in [-0.39, 0.29) is 23.4 Å². The quantitative estimate of drug-likeness (QED) is 0.868. The molecule has 1 fully saturated rings. The van der Waals surface area contributed by atoms with Crippen molar-refractivity contribution in [2.45, 2.75) is 12.8 Å². The van der Waals surface area contributed by atoms with Crippen LogP contribution < -0.4 is 5.32 Å². The van der Waals surface area contributed by atoms with Gasteiger partial charge in [-0.2, -0.15) is 0 Å². The summed E-state index contributed by atoms with van der Waals surface area (Å²) >= 11 is 5.85. The summed E-state index contributed by atoms with van der Waals surface area (Å²) < 4.78 is 12.9. The van der Waals surface area contributed by atoms with E-state index in [1.54, 1.807) is 0 Å². The fourth-order valence-electron chi connectivity index (χ4n) is 2.23. The van der Waals surface area contributed by atoms with Crippen molar-refractivity contribution < 1.29 is 14.0 Å². The Morgan fingerprint density at radius 2 is 2.15 bits per heavy atom. The Hall–Kier alpha value is -1.46. The van der Waals surface area contributed by atoms with E-state index < -0.39 is 5.82 Å². The number of halogens is 2. The van der Waals surface area contributed by atoms with E-state index in [1.807, 2.05) is 4.90 Å². The molecule has 0 aliphatic carbocycles. The van der Waals surface area contributed by atoms with Crippen LogP contribution in [0.15, 0.2) is 18.2 Å². The number of carbonyl (C=O) groups is 2. The molecule has 1 amide bonds. The van der Waals surface area contributed by atoms with E-state index >= 15 is 0 Å². The van der Waals surface area contributed by atoms with Gasteiger partial charge in [-0.1, -0.05) is 11.6 Å². The van der Waals surface area contributed by atoms with Crippen LogP contribution in [0, 0.1) is 11.7 Å². The number of rotatable bonds is 4. The Morgan fingerprint density at radius 1 is 1.45 bits per heavy atom. The molecule has 0 unspecified atom stereocenters. The van der Waals surface area contributed by atoms with Crippen molar-refractivity contribution in [3.05, 3.63) is 29.0 Å². The Morgan fingerprint density at radius 3 is 2.75 bits per heavy atom. The molecule has 1 aromatic rings. The van der Waals surface area contributed by atoms with Crippen molar-refractivity contribution in [3.8, 4) is 0 Å². The van der Waals surface area contributed by atoms with Crippen molar-refractivity contribution in [2.24, 2.45) is 5.92 Å². The number of likely N-dealkylation sites (tertiary alicyclic amines) is 1. The number of carbonyl (C=O) groups excluding carboxylic acids is 2. The van der Waals surface area contributed by atoms with Crippen molar-refractivity contribution in [2.75, 3.05) is 25.0 Å². The van der Waals surface area contributed by atoms with E-state index in [2.05, 4.69) is 5.32 Å². The maximum Gasteiger partial charge on any atom is 0.238 e. The Bertz CT molecular complexity index is 502. The number of piperidine rings is 1. The number of nitrogens with one attached hydrogen (secondary N) is 1. The monoisotopic (exact) mass is 298 g/mol. The lowest BCUT2D eigenvalue weighted by atomic mass is 9.99. The van der Waals surface area contributed by atoms with Gasteiger partial charge in [0.1, 0.15) is 12.1 Å². The standard InChI is InChI=1S/C14H16ClFN2O2/c15-12-7-11(16)1-2-13(12)17-14(20)8-18-5-3-10(9-19)4-6-18/h1-2,7,9-10H,3-6,8H2,(H,17,20). The minimum atomic E-state index is -0.441. The van der Waals surface area contributed by atoms with Gasteiger partial charge < -0.3 is 10.1 Å². The molecule has 1 aliphatic heterocycles. The lowest BCUT2D eigenvalue weighted by Gasteiger charge is -2.28. The summed E-state index contributed by atoms with van der Waals surface area (Å²) in [7, 11) is 0. The van der Waals surface area contributed by atoms with Gasteiger partial charge in [0.25, 0.3) is 0 Å². The van der Waals surface area contributed by atoms with Crippen molar-refractivity contribution >= 4 is 29.5 Å². The average molecular weight is 299 g/mol. The van der Waals surface area contributed by atoms with E-state index in [0.29, 0.717) is 5.69 Å². The summed E-state index contributed by atoms with van der Waals surface area (Å²) in [5.74, 6) is -0.521. The fourth-order valence-corrected chi connectivity index (χ4v) is 2.45. The normalized spacial score (nSPS) is 16.9. The third-order valence-corrected chi connectivity index (χ3v) is 3.71. The molecule has 1 saturated heterocycles. The molecular weight excluding hydrogens is 283 g/mol. The number of aldehydes is 1. The minimum absolute atomic E-state index is 0.112. The molecular formula is C14H16ClFN2O2. The largest absolute Gasteiger partial charge is 0.324 e. The first kappa shape index (κ1) is 14.9. The number of nitrogens with zero attached hydrogens (tertiary/aromatic N) is 1. The summed E-state index contributed by atoms with van der Waals surface area (Å²) in [6, 6.07) is 3.85. The van der Waals surface area contributed by atoms with Gasteiger partial charge in [-0.3, -0.25) is 9.69 Å². The topological polar surface area (TPSA) is 49.4 Å². The van der Waals surface area contributed by atoms with Gasteiger partial charge in [-0.25, -0.2) is 4.39 Å². The number of benzene rings is 1. The third kappa shape index (κ3) is 4.02. The predicted molar refractivity (Wildman–Crippen MR) is 75.3 cm³/mol. The molecule has 0 saturated carbocycles. The van der Waals surface area contributed by atoms with E-state index in [1.165, 1.54) is 12.1 Å². The van der Waals surface area contributed by atoms with Gasteiger partial charge in [-0.15, -0.1) is 0 Å². The highest BCUT2D eigenvalue weighted by Gasteiger charge is 2.20. The molecule has 6 heteroatoms. The van der Waals surface area contributed by atoms with Gasteiger partial charge in [0.15, 0.2) is 0 Å². The molecule has 20 heavy (non-hydrogen) atoms. The molecule has 0 aromatic heterocycles. The first-order valence-electron chi connectivity index (χ1n) is 6.51. The summed E-state index contributed by atoms with van der Waals surface area (Å²) in [5.41, 5.74) is 0.404. The van der Waals surface area contributed by atoms with Crippen molar-refractivity contribution in [3.63, 3.8) is 0 Å². The highest BCUT2D eigenvalue weighted by molar-refractivity contribution is 6.33. The molecule has 0 radical (unpaired) electrons. The number of anilines is 1. The third-order valence-electron chi connectivity index (χ3n) is 3.40. The first-order valence-corrected chi connectivity index (χ1v) is 6.89. The van der Waals surface area contributed by atoms with Gasteiger partial charge in [0, 0.05) is 5.92 Å². The lowest BCUT2D eigenvalue weighted by molar-refractivity contribution is -0.117. The molecule has 0 bridgehead atoms. The molecule has 0 spiro atoms. The van der Waals surface area contributed by atoms with Crippen molar-refractivity contribution in [1.29, 1.82) is 0 Å². The molecule has 1 aliphatic rings. The van der Waals surface area contributed by atoms with Crippen LogP contribution in [0.25, 0.3) is 0 Å². The van der Waals surface area contributed by atoms with Crippen LogP contribution >= 0.6 is 11.6 Å². The molecule has 1 N–H and O–H groups in total. The lowest BCUT2D eigenvalue weighted by Crippen LogP contribution is -2.39. The second-order valence-corrected chi connectivity index (χ2v) is 5.33. The maximum atomic E-state index is 12.9. The van der Waals surface area contributed by atoms with Crippen molar-refractivity contribution in [1.82, 2.24) is 4.90 Å². The first-order chi connectivity index (χ1) is 9.58. The van der Waals surface area contributed by atoms with Crippen LogP contribution in [0.2, 0.25) is 5.02 Å². The van der Waals surface area contributed by atoms with E-state index in [0.717, 1.165) is 38.3 Å². The molecule has 0 atom stereocenters. The van der Waals surface area contributed by atoms with Gasteiger partial charge in [0.05, 0.1) is 17.3 Å². The highest BCUT2D eigenvalue weighted by Crippen LogP contribution is 2.22. The zero-order valence-electron chi connectivity index (χ0n) is 10.9. The fraction of sp³-hybridized carbons (Fsp3) is 0.429. The smallest absolute Gasteiger partial charge is 0.238 e. The van der Waals surface area contributed by atoms with Crippen LogP contribution in [-0.4, -0.2) is 36.7 Å². The van der Waals surface area contributed by atoms with Gasteiger partial charge in [-0.05, 0) is 44.1 Å². The van der Waals surface area contributed by atoms with Crippen LogP contribution in [0.5, 0.6) is 0 Å². The number of hydrogen-bond donors (Lipinski definition) is 1. The molecule has 2 rings (SSSR count). The second kappa shape index (κ2) is 6.81.